The summed E-state index contributed by atoms with van der Waals surface area (Å²) in [5, 5.41) is 19.7. The van der Waals surface area contributed by atoms with E-state index in [1.54, 1.807) is 49.7 Å². The molecule has 0 fully saturated rings. The number of para-hydroxylation sites is 1. The van der Waals surface area contributed by atoms with E-state index in [-0.39, 0.29) is 11.3 Å². The molecule has 2 aromatic heterocycles. The smallest absolute Gasteiger partial charge is 0.337 e. The number of phenols is 1. The van der Waals surface area contributed by atoms with Crippen LogP contribution in [0, 0.1) is 0 Å². The van der Waals surface area contributed by atoms with Crippen LogP contribution in [0.25, 0.3) is 33.5 Å². The number of carboxylic acid groups (broad SMARTS) is 1. The van der Waals surface area contributed by atoms with Gasteiger partial charge in [-0.3, -0.25) is 0 Å². The van der Waals surface area contributed by atoms with Gasteiger partial charge in [-0.25, -0.2) is 14.8 Å². The first-order valence-corrected chi connectivity index (χ1v) is 8.13. The maximum absolute atomic E-state index is 11.4. The van der Waals surface area contributed by atoms with Gasteiger partial charge in [0.15, 0.2) is 0 Å². The van der Waals surface area contributed by atoms with Crippen LogP contribution in [0.3, 0.4) is 0 Å². The lowest BCUT2D eigenvalue weighted by molar-refractivity contribution is 0.0699. The maximum Gasteiger partial charge on any atom is 0.337 e. The summed E-state index contributed by atoms with van der Waals surface area (Å²) in [6.45, 7) is 0. The van der Waals surface area contributed by atoms with E-state index in [4.69, 9.17) is 4.74 Å². The molecule has 7 nitrogen and oxygen atoms in total. The molecule has 0 aliphatic heterocycles. The van der Waals surface area contributed by atoms with Crippen LogP contribution in [0.4, 0.5) is 0 Å². The summed E-state index contributed by atoms with van der Waals surface area (Å²) in [7, 11) is 1.54. The number of aromatic nitrogens is 3. The van der Waals surface area contributed by atoms with Gasteiger partial charge in [0.25, 0.3) is 0 Å². The molecule has 0 atom stereocenters. The zero-order valence-electron chi connectivity index (χ0n) is 14.3. The minimum absolute atomic E-state index is 0.0255. The molecule has 134 valence electrons. The quantitative estimate of drug-likeness (QED) is 0.511. The number of hydrogen-bond donors (Lipinski definition) is 3. The van der Waals surface area contributed by atoms with E-state index in [2.05, 4.69) is 15.0 Å². The van der Waals surface area contributed by atoms with Crippen molar-refractivity contribution in [3.63, 3.8) is 0 Å². The number of hydrogen-bond acceptors (Lipinski definition) is 5. The third kappa shape index (κ3) is 2.85. The Bertz CT molecular complexity index is 1170. The van der Waals surface area contributed by atoms with Gasteiger partial charge in [0.1, 0.15) is 17.1 Å². The molecule has 3 N–H and O–H groups in total. The lowest BCUT2D eigenvalue weighted by Gasteiger charge is -2.09. The van der Waals surface area contributed by atoms with Crippen LogP contribution in [0.5, 0.6) is 11.6 Å². The van der Waals surface area contributed by atoms with E-state index in [0.29, 0.717) is 28.3 Å². The van der Waals surface area contributed by atoms with Crippen molar-refractivity contribution < 1.29 is 19.7 Å². The molecule has 0 bridgehead atoms. The summed E-state index contributed by atoms with van der Waals surface area (Å²) < 4.78 is 5.30. The first kappa shape index (κ1) is 16.6. The molecule has 4 rings (SSSR count). The third-order valence-electron chi connectivity index (χ3n) is 4.27. The predicted octanol–water partition coefficient (Wildman–Crippen LogP) is 3.70. The van der Waals surface area contributed by atoms with Crippen LogP contribution < -0.4 is 4.74 Å². The number of benzene rings is 2. The number of carbonyl (C=O) groups is 1. The highest BCUT2D eigenvalue weighted by atomic mass is 16.5. The lowest BCUT2D eigenvalue weighted by atomic mass is 10.0. The highest BCUT2D eigenvalue weighted by molar-refractivity contribution is 6.01. The van der Waals surface area contributed by atoms with Crippen LogP contribution >= 0.6 is 0 Å². The number of aromatic hydroxyl groups is 1. The number of aromatic amines is 1. The average Bonchev–Trinajstić information content (AvgIpc) is 3.12. The van der Waals surface area contributed by atoms with Gasteiger partial charge in [0.05, 0.1) is 23.8 Å². The van der Waals surface area contributed by atoms with Gasteiger partial charge in [0.2, 0.25) is 5.88 Å². The van der Waals surface area contributed by atoms with E-state index in [9.17, 15) is 15.0 Å². The van der Waals surface area contributed by atoms with Crippen molar-refractivity contribution in [2.75, 3.05) is 7.11 Å². The monoisotopic (exact) mass is 361 g/mol. The Hall–Kier alpha value is -3.87. The number of methoxy groups -OCH3 is 1. The standard InChI is InChI=1S/C20H15N3O4/c1-27-19-12(5-3-9-21-19)11-7-8-16(24)14(10-11)18-22-15-6-2-4-13(20(25)26)17(15)23-18/h2-10,24H,1H3,(H,22,23)(H,25,26). The van der Waals surface area contributed by atoms with Gasteiger partial charge in [-0.15, -0.1) is 0 Å². The summed E-state index contributed by atoms with van der Waals surface area (Å²) in [6.07, 6.45) is 1.64. The van der Waals surface area contributed by atoms with Crippen LogP contribution in [0.1, 0.15) is 10.4 Å². The van der Waals surface area contributed by atoms with Crippen molar-refractivity contribution in [3.05, 3.63) is 60.3 Å². The Balaban J connectivity index is 1.89. The van der Waals surface area contributed by atoms with Gasteiger partial charge >= 0.3 is 5.97 Å². The molecule has 0 amide bonds. The molecule has 2 aromatic carbocycles. The summed E-state index contributed by atoms with van der Waals surface area (Å²) in [6, 6.07) is 13.6. The van der Waals surface area contributed by atoms with Crippen molar-refractivity contribution in [1.29, 1.82) is 0 Å². The van der Waals surface area contributed by atoms with Crippen LogP contribution in [-0.2, 0) is 0 Å². The second-order valence-electron chi connectivity index (χ2n) is 5.88. The van der Waals surface area contributed by atoms with Gasteiger partial charge in [-0.2, -0.15) is 0 Å². The van der Waals surface area contributed by atoms with Gasteiger partial charge in [0, 0.05) is 11.8 Å². The number of fused-ring (bicyclic) bond motifs is 1. The molecule has 0 saturated heterocycles. The number of pyridine rings is 1. The summed E-state index contributed by atoms with van der Waals surface area (Å²) in [4.78, 5) is 23.1. The van der Waals surface area contributed by atoms with E-state index in [0.717, 1.165) is 11.1 Å². The molecule has 0 unspecified atom stereocenters. The second kappa shape index (κ2) is 6.45. The van der Waals surface area contributed by atoms with E-state index in [1.165, 1.54) is 6.07 Å². The molecular formula is C20H15N3O4. The molecule has 0 aliphatic carbocycles. The Labute approximate surface area is 153 Å². The van der Waals surface area contributed by atoms with Gasteiger partial charge in [-0.1, -0.05) is 12.1 Å². The van der Waals surface area contributed by atoms with Gasteiger partial charge in [-0.05, 0) is 42.0 Å². The number of rotatable bonds is 4. The molecule has 0 radical (unpaired) electrons. The van der Waals surface area contributed by atoms with E-state index >= 15 is 0 Å². The molecule has 0 spiro atoms. The molecule has 7 heteroatoms. The Morgan fingerprint density at radius 2 is 1.96 bits per heavy atom. The Morgan fingerprint density at radius 1 is 1.11 bits per heavy atom. The molecule has 2 heterocycles. The van der Waals surface area contributed by atoms with Crippen LogP contribution in [-0.4, -0.2) is 38.2 Å². The first-order valence-electron chi connectivity index (χ1n) is 8.13. The van der Waals surface area contributed by atoms with Crippen molar-refractivity contribution >= 4 is 17.0 Å². The number of ether oxygens (including phenoxy) is 1. The fraction of sp³-hybridized carbons (Fsp3) is 0.0500. The number of carboxylic acids is 1. The number of nitrogens with zero attached hydrogens (tertiary/aromatic N) is 2. The van der Waals surface area contributed by atoms with Gasteiger partial charge < -0.3 is 19.9 Å². The average molecular weight is 361 g/mol. The molecule has 4 aromatic rings. The van der Waals surface area contributed by atoms with Crippen LogP contribution in [0.2, 0.25) is 0 Å². The summed E-state index contributed by atoms with van der Waals surface area (Å²) in [5.74, 6) is -0.193. The number of nitrogens with one attached hydrogen (secondary N) is 1. The number of phenolic OH excluding ortho intramolecular Hbond substituents is 1. The van der Waals surface area contributed by atoms with E-state index in [1.807, 2.05) is 6.07 Å². The fourth-order valence-electron chi connectivity index (χ4n) is 3.00. The highest BCUT2D eigenvalue weighted by Crippen LogP contribution is 2.35. The van der Waals surface area contributed by atoms with E-state index < -0.39 is 5.97 Å². The van der Waals surface area contributed by atoms with Crippen molar-refractivity contribution in [1.82, 2.24) is 15.0 Å². The highest BCUT2D eigenvalue weighted by Gasteiger charge is 2.16. The minimum atomic E-state index is -1.06. The summed E-state index contributed by atoms with van der Waals surface area (Å²) in [5.41, 5.74) is 3.01. The predicted molar refractivity (Wildman–Crippen MR) is 99.9 cm³/mol. The zero-order valence-corrected chi connectivity index (χ0v) is 14.3. The maximum atomic E-state index is 11.4. The van der Waals surface area contributed by atoms with Crippen LogP contribution in [0.15, 0.2) is 54.7 Å². The molecule has 27 heavy (non-hydrogen) atoms. The summed E-state index contributed by atoms with van der Waals surface area (Å²) >= 11 is 0. The lowest BCUT2D eigenvalue weighted by Crippen LogP contribution is -1.96. The van der Waals surface area contributed by atoms with Crippen molar-refractivity contribution in [2.24, 2.45) is 0 Å². The zero-order chi connectivity index (χ0) is 19.0. The molecule has 0 saturated carbocycles. The topological polar surface area (TPSA) is 108 Å². The minimum Gasteiger partial charge on any atom is -0.507 e. The first-order chi connectivity index (χ1) is 13.1. The van der Waals surface area contributed by atoms with Crippen molar-refractivity contribution in [3.8, 4) is 34.1 Å². The number of H-pyrrole nitrogens is 1. The Kier molecular flexibility index (Phi) is 3.97. The fourth-order valence-corrected chi connectivity index (χ4v) is 3.00. The second-order valence-corrected chi connectivity index (χ2v) is 5.88. The normalized spacial score (nSPS) is 10.9. The third-order valence-corrected chi connectivity index (χ3v) is 4.27. The van der Waals surface area contributed by atoms with Crippen molar-refractivity contribution in [2.45, 2.75) is 0 Å². The largest absolute Gasteiger partial charge is 0.507 e. The SMILES string of the molecule is COc1ncccc1-c1ccc(O)c(-c2nc3c(C(=O)O)cccc3[nH]2)c1. The molecular weight excluding hydrogens is 346 g/mol. The number of imidazole rings is 1. The molecule has 0 aliphatic rings. The number of aromatic carboxylic acids is 1. The Morgan fingerprint density at radius 3 is 2.74 bits per heavy atom.